The summed E-state index contributed by atoms with van der Waals surface area (Å²) in [6, 6.07) is -0.0706. The Hall–Kier alpha value is -0.610. The molecular formula is C10H21N3O. The van der Waals surface area contributed by atoms with Crippen molar-refractivity contribution in [3.8, 4) is 0 Å². The fourth-order valence-corrected chi connectivity index (χ4v) is 2.00. The molecular weight excluding hydrogens is 178 g/mol. The number of likely N-dealkylation sites (N-methyl/N-ethyl adjacent to an activating group) is 2. The lowest BCUT2D eigenvalue weighted by Gasteiger charge is -2.42. The first kappa shape index (κ1) is 11.5. The van der Waals surface area contributed by atoms with Gasteiger partial charge in [0.15, 0.2) is 0 Å². The van der Waals surface area contributed by atoms with E-state index in [1.807, 2.05) is 30.9 Å². The van der Waals surface area contributed by atoms with Gasteiger partial charge in [0.2, 0.25) is 5.91 Å². The van der Waals surface area contributed by atoms with Crippen LogP contribution in [0.5, 0.6) is 0 Å². The van der Waals surface area contributed by atoms with Crippen LogP contribution in [0.3, 0.4) is 0 Å². The Morgan fingerprint density at radius 1 is 1.57 bits per heavy atom. The minimum absolute atomic E-state index is 0.0172. The summed E-state index contributed by atoms with van der Waals surface area (Å²) in [5, 5.41) is 3.37. The minimum Gasteiger partial charge on any atom is -0.343 e. The van der Waals surface area contributed by atoms with Crippen LogP contribution in [0.2, 0.25) is 0 Å². The topological polar surface area (TPSA) is 35.6 Å². The van der Waals surface area contributed by atoms with E-state index in [9.17, 15) is 4.79 Å². The van der Waals surface area contributed by atoms with Crippen molar-refractivity contribution in [2.45, 2.75) is 25.4 Å². The van der Waals surface area contributed by atoms with Crippen LogP contribution < -0.4 is 5.32 Å². The molecule has 4 heteroatoms. The predicted octanol–water partition coefficient (Wildman–Crippen LogP) is -0.243. The molecule has 1 unspecified atom stereocenters. The van der Waals surface area contributed by atoms with Crippen LogP contribution in [0.15, 0.2) is 0 Å². The Labute approximate surface area is 86.2 Å². The van der Waals surface area contributed by atoms with Crippen molar-refractivity contribution in [2.75, 3.05) is 34.2 Å². The van der Waals surface area contributed by atoms with Gasteiger partial charge in [-0.05, 0) is 27.9 Å². The van der Waals surface area contributed by atoms with Crippen LogP contribution in [0.1, 0.15) is 13.8 Å². The van der Waals surface area contributed by atoms with Crippen molar-refractivity contribution >= 4 is 5.91 Å². The number of nitrogens with zero attached hydrogens (tertiary/aromatic N) is 2. The largest absolute Gasteiger partial charge is 0.343 e. The van der Waals surface area contributed by atoms with Gasteiger partial charge >= 0.3 is 0 Å². The van der Waals surface area contributed by atoms with E-state index in [2.05, 4.69) is 19.2 Å². The van der Waals surface area contributed by atoms with Gasteiger partial charge in [-0.1, -0.05) is 0 Å². The fraction of sp³-hybridized carbons (Fsp3) is 0.900. The lowest BCUT2D eigenvalue weighted by atomic mass is 9.98. The number of rotatable bonds is 2. The van der Waals surface area contributed by atoms with Gasteiger partial charge in [0.05, 0.1) is 0 Å². The third-order valence-corrected chi connectivity index (χ3v) is 2.42. The monoisotopic (exact) mass is 199 g/mol. The SMILES string of the molecule is CN(C)CC1NC(C)(C)CN(C)C1=O. The molecule has 0 aliphatic carbocycles. The molecule has 0 bridgehead atoms. The number of carbonyl (C=O) groups excluding carboxylic acids is 1. The Bertz CT molecular complexity index is 225. The van der Waals surface area contributed by atoms with E-state index < -0.39 is 0 Å². The molecule has 4 nitrogen and oxygen atoms in total. The second kappa shape index (κ2) is 3.87. The molecule has 0 aromatic carbocycles. The van der Waals surface area contributed by atoms with Crippen LogP contribution in [-0.4, -0.2) is 61.5 Å². The van der Waals surface area contributed by atoms with Gasteiger partial charge in [0, 0.05) is 25.7 Å². The maximum Gasteiger partial charge on any atom is 0.240 e. The number of carbonyl (C=O) groups is 1. The summed E-state index contributed by atoms with van der Waals surface area (Å²) in [6.07, 6.45) is 0. The van der Waals surface area contributed by atoms with Gasteiger partial charge < -0.3 is 9.80 Å². The van der Waals surface area contributed by atoms with Crippen molar-refractivity contribution in [3.05, 3.63) is 0 Å². The van der Waals surface area contributed by atoms with E-state index in [-0.39, 0.29) is 17.5 Å². The lowest BCUT2D eigenvalue weighted by molar-refractivity contribution is -0.137. The van der Waals surface area contributed by atoms with Crippen LogP contribution >= 0.6 is 0 Å². The second-order valence-electron chi connectivity index (χ2n) is 5.04. The molecule has 1 amide bonds. The zero-order chi connectivity index (χ0) is 10.9. The number of hydrogen-bond acceptors (Lipinski definition) is 3. The van der Waals surface area contributed by atoms with E-state index >= 15 is 0 Å². The van der Waals surface area contributed by atoms with Gasteiger partial charge in [0.25, 0.3) is 0 Å². The third-order valence-electron chi connectivity index (χ3n) is 2.42. The van der Waals surface area contributed by atoms with Crippen molar-refractivity contribution in [3.63, 3.8) is 0 Å². The van der Waals surface area contributed by atoms with E-state index in [4.69, 9.17) is 0 Å². The normalized spacial score (nSPS) is 27.1. The first-order valence-corrected chi connectivity index (χ1v) is 4.99. The number of piperazine rings is 1. The van der Waals surface area contributed by atoms with E-state index in [1.165, 1.54) is 0 Å². The molecule has 1 aliphatic rings. The number of hydrogen-bond donors (Lipinski definition) is 1. The van der Waals surface area contributed by atoms with Crippen molar-refractivity contribution in [1.29, 1.82) is 0 Å². The van der Waals surface area contributed by atoms with Crippen LogP contribution in [0.25, 0.3) is 0 Å². The Morgan fingerprint density at radius 2 is 2.14 bits per heavy atom. The second-order valence-corrected chi connectivity index (χ2v) is 5.04. The molecule has 1 atom stereocenters. The first-order chi connectivity index (χ1) is 6.32. The Morgan fingerprint density at radius 3 is 2.64 bits per heavy atom. The van der Waals surface area contributed by atoms with E-state index in [0.29, 0.717) is 0 Å². The summed E-state index contributed by atoms with van der Waals surface area (Å²) >= 11 is 0. The average Bonchev–Trinajstić information content (AvgIpc) is 1.97. The average molecular weight is 199 g/mol. The highest BCUT2D eigenvalue weighted by Crippen LogP contribution is 2.13. The molecule has 0 radical (unpaired) electrons. The van der Waals surface area contributed by atoms with Gasteiger partial charge in [0.1, 0.15) is 6.04 Å². The molecule has 0 aromatic heterocycles. The summed E-state index contributed by atoms with van der Waals surface area (Å²) in [6.45, 7) is 5.78. The van der Waals surface area contributed by atoms with Gasteiger partial charge in [-0.15, -0.1) is 0 Å². The molecule has 1 aliphatic heterocycles. The highest BCUT2D eigenvalue weighted by Gasteiger charge is 2.36. The lowest BCUT2D eigenvalue weighted by Crippen LogP contribution is -2.65. The quantitative estimate of drug-likeness (QED) is 0.666. The fourth-order valence-electron chi connectivity index (χ4n) is 2.00. The summed E-state index contributed by atoms with van der Waals surface area (Å²) in [4.78, 5) is 15.6. The molecule has 1 fully saturated rings. The van der Waals surface area contributed by atoms with Crippen molar-refractivity contribution < 1.29 is 4.79 Å². The van der Waals surface area contributed by atoms with Crippen LogP contribution in [0.4, 0.5) is 0 Å². The molecule has 82 valence electrons. The smallest absolute Gasteiger partial charge is 0.240 e. The molecule has 14 heavy (non-hydrogen) atoms. The molecule has 1 N–H and O–H groups in total. The summed E-state index contributed by atoms with van der Waals surface area (Å²) in [5.41, 5.74) is 0.0172. The van der Waals surface area contributed by atoms with Crippen LogP contribution in [-0.2, 0) is 4.79 Å². The Balaban J connectivity index is 2.68. The zero-order valence-corrected chi connectivity index (χ0v) is 9.79. The van der Waals surface area contributed by atoms with Gasteiger partial charge in [-0.3, -0.25) is 10.1 Å². The standard InChI is InChI=1S/C10H21N3O/c1-10(2)7-13(5)9(14)8(11-10)6-12(3)4/h8,11H,6-7H2,1-5H3. The van der Waals surface area contributed by atoms with Gasteiger partial charge in [-0.25, -0.2) is 0 Å². The minimum atomic E-state index is -0.0706. The molecule has 0 aromatic rings. The highest BCUT2D eigenvalue weighted by molar-refractivity contribution is 5.83. The van der Waals surface area contributed by atoms with E-state index in [0.717, 1.165) is 13.1 Å². The van der Waals surface area contributed by atoms with Crippen LogP contribution in [0, 0.1) is 0 Å². The number of amides is 1. The molecule has 0 saturated carbocycles. The highest BCUT2D eigenvalue weighted by atomic mass is 16.2. The maximum atomic E-state index is 11.8. The zero-order valence-electron chi connectivity index (χ0n) is 9.79. The van der Waals surface area contributed by atoms with Crippen molar-refractivity contribution in [1.82, 2.24) is 15.1 Å². The summed E-state index contributed by atoms with van der Waals surface area (Å²) in [7, 11) is 5.83. The first-order valence-electron chi connectivity index (χ1n) is 4.99. The Kier molecular flexibility index (Phi) is 3.17. The van der Waals surface area contributed by atoms with Crippen molar-refractivity contribution in [2.24, 2.45) is 0 Å². The van der Waals surface area contributed by atoms with E-state index in [1.54, 1.807) is 0 Å². The summed E-state index contributed by atoms with van der Waals surface area (Å²) in [5.74, 6) is 0.193. The maximum absolute atomic E-state index is 11.8. The molecule has 0 spiro atoms. The molecule has 1 heterocycles. The predicted molar refractivity (Wildman–Crippen MR) is 57.2 cm³/mol. The molecule has 1 rings (SSSR count). The third kappa shape index (κ3) is 2.69. The molecule has 1 saturated heterocycles. The van der Waals surface area contributed by atoms with Gasteiger partial charge in [-0.2, -0.15) is 0 Å². The number of nitrogens with one attached hydrogen (secondary N) is 1. The summed E-state index contributed by atoms with van der Waals surface area (Å²) < 4.78 is 0.